The Kier molecular flexibility index (Phi) is 7.04. The Morgan fingerprint density at radius 2 is 1.81 bits per heavy atom. The summed E-state index contributed by atoms with van der Waals surface area (Å²) in [6.07, 6.45) is 14.0. The van der Waals surface area contributed by atoms with Gasteiger partial charge in [0.25, 0.3) is 0 Å². The van der Waals surface area contributed by atoms with Crippen molar-refractivity contribution in [1.29, 1.82) is 0 Å². The molecule has 1 heterocycles. The Hall–Kier alpha value is -1.91. The number of hydrogen-bond acceptors (Lipinski definition) is 3. The van der Waals surface area contributed by atoms with E-state index in [2.05, 4.69) is 15.6 Å². The molecule has 2 aliphatic rings. The molecule has 0 atom stereocenters. The van der Waals surface area contributed by atoms with Crippen LogP contribution in [0.25, 0.3) is 0 Å². The third-order valence-electron chi connectivity index (χ3n) is 5.85. The minimum Gasteiger partial charge on any atom is -0.353 e. The van der Waals surface area contributed by atoms with E-state index in [1.54, 1.807) is 12.4 Å². The van der Waals surface area contributed by atoms with Crippen LogP contribution >= 0.6 is 0 Å². The summed E-state index contributed by atoms with van der Waals surface area (Å²) >= 11 is 0. The Morgan fingerprint density at radius 3 is 2.50 bits per heavy atom. The average molecular weight is 357 g/mol. The highest BCUT2D eigenvalue weighted by atomic mass is 16.2. The van der Waals surface area contributed by atoms with Crippen LogP contribution in [0.15, 0.2) is 24.5 Å². The topological polar surface area (TPSA) is 71.1 Å². The number of hydrogen-bond donors (Lipinski definition) is 2. The van der Waals surface area contributed by atoms with Crippen molar-refractivity contribution in [1.82, 2.24) is 15.6 Å². The van der Waals surface area contributed by atoms with E-state index in [4.69, 9.17) is 0 Å². The summed E-state index contributed by atoms with van der Waals surface area (Å²) in [4.78, 5) is 28.7. The first kappa shape index (κ1) is 18.9. The first-order valence-corrected chi connectivity index (χ1v) is 10.2. The summed E-state index contributed by atoms with van der Waals surface area (Å²) < 4.78 is 0. The van der Waals surface area contributed by atoms with Crippen molar-refractivity contribution in [3.63, 3.8) is 0 Å². The van der Waals surface area contributed by atoms with Crippen molar-refractivity contribution in [3.05, 3.63) is 30.1 Å². The summed E-state index contributed by atoms with van der Waals surface area (Å²) in [5.41, 5.74) is 1.02. The lowest BCUT2D eigenvalue weighted by Crippen LogP contribution is -2.41. The van der Waals surface area contributed by atoms with Crippen LogP contribution in [0.5, 0.6) is 0 Å². The van der Waals surface area contributed by atoms with E-state index >= 15 is 0 Å². The van der Waals surface area contributed by atoms with Crippen LogP contribution in [-0.4, -0.2) is 22.8 Å². The van der Waals surface area contributed by atoms with E-state index in [0.29, 0.717) is 18.9 Å². The molecule has 142 valence electrons. The Labute approximate surface area is 156 Å². The number of carbonyl (C=O) groups is 2. The summed E-state index contributed by atoms with van der Waals surface area (Å²) in [6.45, 7) is 0.532. The Morgan fingerprint density at radius 1 is 1.04 bits per heavy atom. The van der Waals surface area contributed by atoms with E-state index in [9.17, 15) is 9.59 Å². The molecule has 0 unspecified atom stereocenters. The molecule has 0 aliphatic heterocycles. The SMILES string of the molecule is O=C(CC1CCCCC1)NC1CCC(C(=O)NCc2cccnc2)CC1. The standard InChI is InChI=1S/C21H31N3O2/c25-20(13-16-5-2-1-3-6-16)24-19-10-8-18(9-11-19)21(26)23-15-17-7-4-12-22-14-17/h4,7,12,14,16,18-19H,1-3,5-6,8-11,13,15H2,(H,23,26)(H,24,25). The highest BCUT2D eigenvalue weighted by Gasteiger charge is 2.27. The lowest BCUT2D eigenvalue weighted by molar-refractivity contribution is -0.126. The molecule has 1 aromatic heterocycles. The number of amides is 2. The molecular weight excluding hydrogens is 326 g/mol. The molecule has 2 amide bonds. The lowest BCUT2D eigenvalue weighted by atomic mass is 9.84. The smallest absolute Gasteiger partial charge is 0.223 e. The fourth-order valence-electron chi connectivity index (χ4n) is 4.28. The van der Waals surface area contributed by atoms with Crippen LogP contribution in [0.4, 0.5) is 0 Å². The molecule has 2 saturated carbocycles. The van der Waals surface area contributed by atoms with Crippen LogP contribution < -0.4 is 10.6 Å². The van der Waals surface area contributed by atoms with E-state index in [0.717, 1.165) is 31.2 Å². The van der Waals surface area contributed by atoms with Gasteiger partial charge in [-0.25, -0.2) is 0 Å². The van der Waals surface area contributed by atoms with Gasteiger partial charge in [-0.2, -0.15) is 0 Å². The van der Waals surface area contributed by atoms with Gasteiger partial charge in [0, 0.05) is 37.3 Å². The second-order valence-electron chi connectivity index (χ2n) is 7.90. The van der Waals surface area contributed by atoms with Gasteiger partial charge in [-0.15, -0.1) is 0 Å². The van der Waals surface area contributed by atoms with Gasteiger partial charge in [0.15, 0.2) is 0 Å². The second-order valence-corrected chi connectivity index (χ2v) is 7.90. The van der Waals surface area contributed by atoms with Crippen molar-refractivity contribution in [3.8, 4) is 0 Å². The van der Waals surface area contributed by atoms with Crippen LogP contribution in [0.3, 0.4) is 0 Å². The molecule has 0 spiro atoms. The van der Waals surface area contributed by atoms with Crippen LogP contribution in [0.1, 0.15) is 69.8 Å². The first-order chi connectivity index (χ1) is 12.7. The summed E-state index contributed by atoms with van der Waals surface area (Å²) in [7, 11) is 0. The van der Waals surface area contributed by atoms with E-state index in [1.807, 2.05) is 12.1 Å². The Balaban J connectivity index is 1.34. The van der Waals surface area contributed by atoms with E-state index < -0.39 is 0 Å². The highest BCUT2D eigenvalue weighted by molar-refractivity contribution is 5.79. The largest absolute Gasteiger partial charge is 0.353 e. The van der Waals surface area contributed by atoms with E-state index in [1.165, 1.54) is 32.1 Å². The fraction of sp³-hybridized carbons (Fsp3) is 0.667. The van der Waals surface area contributed by atoms with Gasteiger partial charge in [-0.3, -0.25) is 14.6 Å². The molecule has 2 aliphatic carbocycles. The van der Waals surface area contributed by atoms with Crippen molar-refractivity contribution in [2.75, 3.05) is 0 Å². The molecule has 1 aromatic rings. The zero-order valence-corrected chi connectivity index (χ0v) is 15.6. The van der Waals surface area contributed by atoms with Gasteiger partial charge in [0.2, 0.25) is 11.8 Å². The maximum absolute atomic E-state index is 12.3. The molecule has 2 fully saturated rings. The zero-order chi connectivity index (χ0) is 18.2. The predicted molar refractivity (Wildman–Crippen MR) is 101 cm³/mol. The zero-order valence-electron chi connectivity index (χ0n) is 15.6. The molecule has 0 radical (unpaired) electrons. The third kappa shape index (κ3) is 5.82. The van der Waals surface area contributed by atoms with Gasteiger partial charge in [-0.1, -0.05) is 25.3 Å². The summed E-state index contributed by atoms with van der Waals surface area (Å²) in [6, 6.07) is 4.09. The molecule has 0 aromatic carbocycles. The van der Waals surface area contributed by atoms with Gasteiger partial charge in [-0.05, 0) is 56.1 Å². The molecule has 3 rings (SSSR count). The minimum atomic E-state index is 0.0677. The molecule has 5 heteroatoms. The number of carbonyl (C=O) groups excluding carboxylic acids is 2. The Bertz CT molecular complexity index is 576. The van der Waals surface area contributed by atoms with Gasteiger partial charge >= 0.3 is 0 Å². The van der Waals surface area contributed by atoms with Crippen LogP contribution in [0.2, 0.25) is 0 Å². The molecule has 5 nitrogen and oxygen atoms in total. The molecule has 0 bridgehead atoms. The van der Waals surface area contributed by atoms with Crippen molar-refractivity contribution in [2.45, 2.75) is 76.8 Å². The van der Waals surface area contributed by atoms with Crippen molar-refractivity contribution < 1.29 is 9.59 Å². The van der Waals surface area contributed by atoms with Crippen molar-refractivity contribution in [2.24, 2.45) is 11.8 Å². The molecular formula is C21H31N3O2. The molecule has 0 saturated heterocycles. The summed E-state index contributed by atoms with van der Waals surface area (Å²) in [5.74, 6) is 0.985. The number of nitrogens with zero attached hydrogens (tertiary/aromatic N) is 1. The fourth-order valence-corrected chi connectivity index (χ4v) is 4.28. The number of nitrogens with one attached hydrogen (secondary N) is 2. The first-order valence-electron chi connectivity index (χ1n) is 10.2. The minimum absolute atomic E-state index is 0.0677. The lowest BCUT2D eigenvalue weighted by Gasteiger charge is -2.29. The monoisotopic (exact) mass is 357 g/mol. The summed E-state index contributed by atoms with van der Waals surface area (Å²) in [5, 5.41) is 6.22. The maximum Gasteiger partial charge on any atom is 0.223 e. The van der Waals surface area contributed by atoms with Gasteiger partial charge in [0.05, 0.1) is 0 Å². The van der Waals surface area contributed by atoms with Gasteiger partial charge in [0.1, 0.15) is 0 Å². The maximum atomic E-state index is 12.3. The predicted octanol–water partition coefficient (Wildman–Crippen LogP) is 3.34. The third-order valence-corrected chi connectivity index (χ3v) is 5.85. The quantitative estimate of drug-likeness (QED) is 0.820. The van der Waals surface area contributed by atoms with Crippen molar-refractivity contribution >= 4 is 11.8 Å². The van der Waals surface area contributed by atoms with Crippen LogP contribution in [0, 0.1) is 11.8 Å². The second kappa shape index (κ2) is 9.70. The molecule has 26 heavy (non-hydrogen) atoms. The highest BCUT2D eigenvalue weighted by Crippen LogP contribution is 2.27. The number of rotatable bonds is 6. The average Bonchev–Trinajstić information content (AvgIpc) is 2.68. The van der Waals surface area contributed by atoms with Crippen LogP contribution in [-0.2, 0) is 16.1 Å². The van der Waals surface area contributed by atoms with E-state index in [-0.39, 0.29) is 23.8 Å². The number of aromatic nitrogens is 1. The molecule has 2 N–H and O–H groups in total. The number of pyridine rings is 1. The van der Waals surface area contributed by atoms with Gasteiger partial charge < -0.3 is 10.6 Å². The normalized spacial score (nSPS) is 24.0.